The van der Waals surface area contributed by atoms with E-state index in [1.165, 1.54) is 38.9 Å². The maximum absolute atomic E-state index is 6.60. The summed E-state index contributed by atoms with van der Waals surface area (Å²) in [5.74, 6) is 0. The number of para-hydroxylation sites is 1. The predicted octanol–water partition coefficient (Wildman–Crippen LogP) is 14.6. The van der Waals surface area contributed by atoms with Crippen molar-refractivity contribution in [3.63, 3.8) is 0 Å². The third kappa shape index (κ3) is 4.55. The van der Waals surface area contributed by atoms with Gasteiger partial charge in [0.15, 0.2) is 0 Å². The highest BCUT2D eigenvalue weighted by molar-refractivity contribution is 6.18. The van der Waals surface area contributed by atoms with Gasteiger partial charge in [-0.05, 0) is 105 Å². The van der Waals surface area contributed by atoms with Gasteiger partial charge < -0.3 is 13.7 Å². The molecule has 256 valence electrons. The normalized spacial score (nSPS) is 13.1. The van der Waals surface area contributed by atoms with Crippen molar-refractivity contribution in [1.82, 2.24) is 0 Å². The van der Waals surface area contributed by atoms with Crippen molar-refractivity contribution in [2.45, 2.75) is 19.3 Å². The van der Waals surface area contributed by atoms with Gasteiger partial charge in [0.25, 0.3) is 0 Å². The highest BCUT2D eigenvalue weighted by Gasteiger charge is 2.36. The highest BCUT2D eigenvalue weighted by atomic mass is 16.3. The van der Waals surface area contributed by atoms with Crippen LogP contribution in [0.5, 0.6) is 0 Å². The van der Waals surface area contributed by atoms with Gasteiger partial charge in [0, 0.05) is 21.9 Å². The SMILES string of the molecule is CC1(C)c2ccc(-c3ccccc3)cc2-c2ccc(N(c3cccc4oc5ccccc5c34)c3cccc4oc5ccc(-c6ccccc6)cc5c34)cc21. The minimum atomic E-state index is -0.200. The Morgan fingerprint density at radius 2 is 0.963 bits per heavy atom. The monoisotopic (exact) mass is 693 g/mol. The molecular formula is C51H35NO2. The lowest BCUT2D eigenvalue weighted by Gasteiger charge is -2.29. The van der Waals surface area contributed by atoms with E-state index in [2.05, 4.69) is 189 Å². The first-order chi connectivity index (χ1) is 26.5. The van der Waals surface area contributed by atoms with Crippen molar-refractivity contribution in [3.05, 3.63) is 187 Å². The van der Waals surface area contributed by atoms with Crippen molar-refractivity contribution < 1.29 is 8.83 Å². The average Bonchev–Trinajstić information content (AvgIpc) is 3.86. The molecule has 11 rings (SSSR count). The maximum Gasteiger partial charge on any atom is 0.137 e. The van der Waals surface area contributed by atoms with E-state index in [0.29, 0.717) is 0 Å². The summed E-state index contributed by atoms with van der Waals surface area (Å²) in [6, 6.07) is 62.9. The zero-order valence-electron chi connectivity index (χ0n) is 30.0. The fraction of sp³-hybridized carbons (Fsp3) is 0.0588. The summed E-state index contributed by atoms with van der Waals surface area (Å²) in [6.07, 6.45) is 0. The van der Waals surface area contributed by atoms with Crippen LogP contribution in [0, 0.1) is 0 Å². The second-order valence-corrected chi connectivity index (χ2v) is 14.9. The molecule has 3 nitrogen and oxygen atoms in total. The largest absolute Gasteiger partial charge is 0.456 e. The molecule has 0 N–H and O–H groups in total. The van der Waals surface area contributed by atoms with Crippen molar-refractivity contribution >= 4 is 60.9 Å². The number of anilines is 3. The molecule has 0 atom stereocenters. The molecule has 1 aliphatic carbocycles. The molecule has 0 aliphatic heterocycles. The third-order valence-corrected chi connectivity index (χ3v) is 11.5. The fourth-order valence-corrected chi connectivity index (χ4v) is 8.85. The van der Waals surface area contributed by atoms with Crippen LogP contribution in [-0.2, 0) is 5.41 Å². The minimum Gasteiger partial charge on any atom is -0.456 e. The van der Waals surface area contributed by atoms with Crippen molar-refractivity contribution in [2.75, 3.05) is 4.90 Å². The van der Waals surface area contributed by atoms with Crippen LogP contribution >= 0.6 is 0 Å². The third-order valence-electron chi connectivity index (χ3n) is 11.5. The Kier molecular flexibility index (Phi) is 6.60. The van der Waals surface area contributed by atoms with E-state index in [1.807, 2.05) is 6.07 Å². The molecule has 2 aromatic heterocycles. The van der Waals surface area contributed by atoms with Gasteiger partial charge >= 0.3 is 0 Å². The summed E-state index contributed by atoms with van der Waals surface area (Å²) in [5.41, 5.74) is 16.5. The molecule has 2 heterocycles. The number of hydrogen-bond acceptors (Lipinski definition) is 3. The molecule has 0 amide bonds. The van der Waals surface area contributed by atoms with Crippen LogP contribution in [0.25, 0.3) is 77.3 Å². The maximum atomic E-state index is 6.60. The summed E-state index contributed by atoms with van der Waals surface area (Å²) in [4.78, 5) is 2.42. The quantitative estimate of drug-likeness (QED) is 0.180. The smallest absolute Gasteiger partial charge is 0.137 e. The number of rotatable bonds is 5. The molecule has 8 aromatic carbocycles. The number of fused-ring (bicyclic) bond motifs is 9. The summed E-state index contributed by atoms with van der Waals surface area (Å²) in [7, 11) is 0. The van der Waals surface area contributed by atoms with Crippen molar-refractivity contribution in [2.24, 2.45) is 0 Å². The van der Waals surface area contributed by atoms with Gasteiger partial charge in [-0.15, -0.1) is 0 Å². The van der Waals surface area contributed by atoms with Gasteiger partial charge in [0.1, 0.15) is 22.3 Å². The van der Waals surface area contributed by atoms with Crippen molar-refractivity contribution in [3.8, 4) is 33.4 Å². The molecule has 10 aromatic rings. The number of nitrogens with zero attached hydrogens (tertiary/aromatic N) is 1. The lowest BCUT2D eigenvalue weighted by molar-refractivity contribution is 0.660. The minimum absolute atomic E-state index is 0.200. The lowest BCUT2D eigenvalue weighted by Crippen LogP contribution is -2.16. The first kappa shape index (κ1) is 30.8. The number of benzene rings is 8. The standard InChI is InChI=1S/C51H35NO2/c1-51(2)41-27-23-34(32-13-5-3-6-14-32)29-39(41)37-26-25-36(31-42(37)51)52(43-18-11-21-47-49(43)38-17-9-10-20-45(38)53-47)44-19-12-22-48-50(44)40-30-35(24-28-46(40)54-48)33-15-7-4-8-16-33/h3-31H,1-2H3. The first-order valence-corrected chi connectivity index (χ1v) is 18.6. The Labute approximate surface area is 313 Å². The summed E-state index contributed by atoms with van der Waals surface area (Å²) >= 11 is 0. The second kappa shape index (κ2) is 11.6. The zero-order chi connectivity index (χ0) is 36.0. The molecule has 0 radical (unpaired) electrons. The topological polar surface area (TPSA) is 29.5 Å². The van der Waals surface area contributed by atoms with E-state index in [1.54, 1.807) is 0 Å². The van der Waals surface area contributed by atoms with Gasteiger partial charge in [0.2, 0.25) is 0 Å². The Bertz CT molecular complexity index is 3080. The summed E-state index contributed by atoms with van der Waals surface area (Å²) in [6.45, 7) is 4.71. The van der Waals surface area contributed by atoms with Crippen LogP contribution in [0.2, 0.25) is 0 Å². The van der Waals surface area contributed by atoms with Crippen LogP contribution in [0.15, 0.2) is 185 Å². The van der Waals surface area contributed by atoms with Gasteiger partial charge in [-0.2, -0.15) is 0 Å². The number of hydrogen-bond donors (Lipinski definition) is 0. The van der Waals surface area contributed by atoms with Crippen LogP contribution in [-0.4, -0.2) is 0 Å². The van der Waals surface area contributed by atoms with Gasteiger partial charge in [-0.1, -0.05) is 129 Å². The predicted molar refractivity (Wildman–Crippen MR) is 224 cm³/mol. The fourth-order valence-electron chi connectivity index (χ4n) is 8.85. The molecule has 0 spiro atoms. The molecular weight excluding hydrogens is 659 g/mol. The van der Waals surface area contributed by atoms with Crippen LogP contribution in [0.3, 0.4) is 0 Å². The Balaban J connectivity index is 1.18. The van der Waals surface area contributed by atoms with Gasteiger partial charge in [0.05, 0.1) is 22.1 Å². The van der Waals surface area contributed by atoms with Crippen LogP contribution < -0.4 is 4.90 Å². The number of furan rings is 2. The Morgan fingerprint density at radius 1 is 0.389 bits per heavy atom. The molecule has 0 fully saturated rings. The van der Waals surface area contributed by atoms with E-state index in [-0.39, 0.29) is 5.41 Å². The Hall–Kier alpha value is -6.84. The Morgan fingerprint density at radius 3 is 1.67 bits per heavy atom. The molecule has 0 saturated heterocycles. The lowest BCUT2D eigenvalue weighted by atomic mass is 9.82. The zero-order valence-corrected chi connectivity index (χ0v) is 30.0. The van der Waals surface area contributed by atoms with Crippen LogP contribution in [0.1, 0.15) is 25.0 Å². The molecule has 54 heavy (non-hydrogen) atoms. The average molecular weight is 694 g/mol. The first-order valence-electron chi connectivity index (χ1n) is 18.6. The summed E-state index contributed by atoms with van der Waals surface area (Å²) in [5, 5.41) is 4.33. The van der Waals surface area contributed by atoms with E-state index in [0.717, 1.165) is 66.5 Å². The molecule has 1 aliphatic rings. The second-order valence-electron chi connectivity index (χ2n) is 14.9. The van der Waals surface area contributed by atoms with Crippen LogP contribution in [0.4, 0.5) is 17.1 Å². The van der Waals surface area contributed by atoms with E-state index >= 15 is 0 Å². The van der Waals surface area contributed by atoms with Crippen molar-refractivity contribution in [1.29, 1.82) is 0 Å². The van der Waals surface area contributed by atoms with Gasteiger partial charge in [-0.25, -0.2) is 0 Å². The highest BCUT2D eigenvalue weighted by Crippen LogP contribution is 2.53. The van der Waals surface area contributed by atoms with E-state index in [9.17, 15) is 0 Å². The van der Waals surface area contributed by atoms with Gasteiger partial charge in [-0.3, -0.25) is 0 Å². The molecule has 3 heteroatoms. The molecule has 0 saturated carbocycles. The molecule has 0 unspecified atom stereocenters. The van der Waals surface area contributed by atoms with E-state index < -0.39 is 0 Å². The van der Waals surface area contributed by atoms with E-state index in [4.69, 9.17) is 8.83 Å². The molecule has 0 bridgehead atoms. The summed E-state index contributed by atoms with van der Waals surface area (Å²) < 4.78 is 13.1.